The standard InChI is InChI=1S/C18H19F2N3O/c1-12-10-23(17-4-2-3-7-21-17)11-15(12)18(24)22-9-13-5-6-14(19)8-16(13)20/h2-8,12,15H,9-11H2,1H3,(H,22,24)/t12-,15-/m1/s1. The number of carbonyl (C=O) groups excluding carboxylic acids is 1. The average molecular weight is 331 g/mol. The van der Waals surface area contributed by atoms with Crippen molar-refractivity contribution < 1.29 is 13.6 Å². The summed E-state index contributed by atoms with van der Waals surface area (Å²) in [6.45, 7) is 3.40. The number of carbonyl (C=O) groups is 1. The second-order valence-electron chi connectivity index (χ2n) is 6.13. The van der Waals surface area contributed by atoms with Gasteiger partial charge in [0.15, 0.2) is 0 Å². The van der Waals surface area contributed by atoms with Gasteiger partial charge in [0, 0.05) is 37.5 Å². The summed E-state index contributed by atoms with van der Waals surface area (Å²) in [6, 6.07) is 9.04. The van der Waals surface area contributed by atoms with Crippen LogP contribution in [0.5, 0.6) is 0 Å². The number of hydrogen-bond acceptors (Lipinski definition) is 3. The first-order chi connectivity index (χ1) is 11.5. The predicted molar refractivity (Wildman–Crippen MR) is 87.3 cm³/mol. The Balaban J connectivity index is 1.61. The molecule has 1 aromatic carbocycles. The van der Waals surface area contributed by atoms with Crippen molar-refractivity contribution in [3.05, 3.63) is 59.8 Å². The van der Waals surface area contributed by atoms with E-state index in [-0.39, 0.29) is 29.9 Å². The number of hydrogen-bond donors (Lipinski definition) is 1. The number of halogens is 2. The first-order valence-electron chi connectivity index (χ1n) is 7.92. The summed E-state index contributed by atoms with van der Waals surface area (Å²) >= 11 is 0. The van der Waals surface area contributed by atoms with Gasteiger partial charge in [-0.15, -0.1) is 0 Å². The first-order valence-corrected chi connectivity index (χ1v) is 7.92. The fourth-order valence-electron chi connectivity index (χ4n) is 3.01. The fraction of sp³-hybridized carbons (Fsp3) is 0.333. The Kier molecular flexibility index (Phi) is 4.74. The van der Waals surface area contributed by atoms with Gasteiger partial charge in [-0.25, -0.2) is 13.8 Å². The van der Waals surface area contributed by atoms with Crippen molar-refractivity contribution >= 4 is 11.7 Å². The Morgan fingerprint density at radius 3 is 2.83 bits per heavy atom. The van der Waals surface area contributed by atoms with Crippen molar-refractivity contribution in [2.24, 2.45) is 11.8 Å². The molecule has 1 aliphatic rings. The second kappa shape index (κ2) is 6.95. The second-order valence-corrected chi connectivity index (χ2v) is 6.13. The van der Waals surface area contributed by atoms with Crippen LogP contribution in [0.1, 0.15) is 12.5 Å². The number of amides is 1. The fourth-order valence-corrected chi connectivity index (χ4v) is 3.01. The molecule has 1 aliphatic heterocycles. The Bertz CT molecular complexity index is 723. The van der Waals surface area contributed by atoms with Crippen LogP contribution >= 0.6 is 0 Å². The molecule has 24 heavy (non-hydrogen) atoms. The molecule has 1 N–H and O–H groups in total. The molecular weight excluding hydrogens is 312 g/mol. The Labute approximate surface area is 139 Å². The van der Waals surface area contributed by atoms with Gasteiger partial charge >= 0.3 is 0 Å². The summed E-state index contributed by atoms with van der Waals surface area (Å²) in [7, 11) is 0. The van der Waals surface area contributed by atoms with E-state index in [1.54, 1.807) is 6.20 Å². The maximum atomic E-state index is 13.6. The lowest BCUT2D eigenvalue weighted by Crippen LogP contribution is -2.34. The molecule has 3 rings (SSSR count). The van der Waals surface area contributed by atoms with Gasteiger partial charge in [-0.1, -0.05) is 19.1 Å². The van der Waals surface area contributed by atoms with Crippen molar-refractivity contribution in [2.75, 3.05) is 18.0 Å². The number of pyridine rings is 1. The van der Waals surface area contributed by atoms with Crippen molar-refractivity contribution in [1.29, 1.82) is 0 Å². The molecule has 1 aromatic heterocycles. The van der Waals surface area contributed by atoms with Gasteiger partial charge in [-0.2, -0.15) is 0 Å². The zero-order chi connectivity index (χ0) is 17.1. The van der Waals surface area contributed by atoms with Crippen LogP contribution in [0.4, 0.5) is 14.6 Å². The Hall–Kier alpha value is -2.50. The molecule has 0 unspecified atom stereocenters. The third kappa shape index (κ3) is 3.53. The molecule has 126 valence electrons. The lowest BCUT2D eigenvalue weighted by Gasteiger charge is -2.17. The molecule has 0 spiro atoms. The summed E-state index contributed by atoms with van der Waals surface area (Å²) in [6.07, 6.45) is 1.73. The van der Waals surface area contributed by atoms with E-state index >= 15 is 0 Å². The molecule has 0 bridgehead atoms. The van der Waals surface area contributed by atoms with Crippen LogP contribution in [-0.4, -0.2) is 24.0 Å². The summed E-state index contributed by atoms with van der Waals surface area (Å²) < 4.78 is 26.5. The van der Waals surface area contributed by atoms with Crippen molar-refractivity contribution in [2.45, 2.75) is 13.5 Å². The quantitative estimate of drug-likeness (QED) is 0.937. The maximum Gasteiger partial charge on any atom is 0.225 e. The van der Waals surface area contributed by atoms with Crippen LogP contribution in [-0.2, 0) is 11.3 Å². The molecule has 4 nitrogen and oxygen atoms in total. The highest BCUT2D eigenvalue weighted by atomic mass is 19.1. The maximum absolute atomic E-state index is 13.6. The van der Waals surface area contributed by atoms with E-state index < -0.39 is 11.6 Å². The predicted octanol–water partition coefficient (Wildman–Crippen LogP) is 2.75. The molecule has 1 saturated heterocycles. The van der Waals surface area contributed by atoms with Crippen LogP contribution in [0.15, 0.2) is 42.6 Å². The number of nitrogens with one attached hydrogen (secondary N) is 1. The zero-order valence-electron chi connectivity index (χ0n) is 13.4. The van der Waals surface area contributed by atoms with Gasteiger partial charge in [0.1, 0.15) is 17.5 Å². The minimum atomic E-state index is -0.648. The minimum Gasteiger partial charge on any atom is -0.356 e. The number of aromatic nitrogens is 1. The monoisotopic (exact) mass is 331 g/mol. The van der Waals surface area contributed by atoms with E-state index in [0.717, 1.165) is 18.4 Å². The van der Waals surface area contributed by atoms with E-state index in [1.165, 1.54) is 12.1 Å². The lowest BCUT2D eigenvalue weighted by atomic mass is 9.97. The average Bonchev–Trinajstić information content (AvgIpc) is 2.96. The largest absolute Gasteiger partial charge is 0.356 e. The number of nitrogens with zero attached hydrogens (tertiary/aromatic N) is 2. The third-order valence-corrected chi connectivity index (χ3v) is 4.39. The lowest BCUT2D eigenvalue weighted by molar-refractivity contribution is -0.125. The molecule has 2 heterocycles. The molecule has 0 aliphatic carbocycles. The van der Waals surface area contributed by atoms with E-state index in [2.05, 4.69) is 15.2 Å². The summed E-state index contributed by atoms with van der Waals surface area (Å²) in [5.41, 5.74) is 0.275. The van der Waals surface area contributed by atoms with Gasteiger partial charge in [0.2, 0.25) is 5.91 Å². The molecule has 0 radical (unpaired) electrons. The van der Waals surface area contributed by atoms with Gasteiger partial charge in [-0.3, -0.25) is 4.79 Å². The number of anilines is 1. The number of benzene rings is 1. The summed E-state index contributed by atoms with van der Waals surface area (Å²) in [4.78, 5) is 18.8. The summed E-state index contributed by atoms with van der Waals surface area (Å²) in [5.74, 6) is -0.558. The smallest absolute Gasteiger partial charge is 0.225 e. The van der Waals surface area contributed by atoms with Gasteiger partial charge in [0.05, 0.1) is 5.92 Å². The topological polar surface area (TPSA) is 45.2 Å². The van der Waals surface area contributed by atoms with E-state index in [4.69, 9.17) is 0 Å². The normalized spacial score (nSPS) is 20.2. The van der Waals surface area contributed by atoms with Crippen LogP contribution in [0.2, 0.25) is 0 Å². The van der Waals surface area contributed by atoms with Gasteiger partial charge in [-0.05, 0) is 24.1 Å². The van der Waals surface area contributed by atoms with Crippen LogP contribution in [0.3, 0.4) is 0 Å². The molecule has 6 heteroatoms. The highest BCUT2D eigenvalue weighted by Crippen LogP contribution is 2.27. The van der Waals surface area contributed by atoms with Crippen molar-refractivity contribution in [3.63, 3.8) is 0 Å². The van der Waals surface area contributed by atoms with Crippen LogP contribution < -0.4 is 10.2 Å². The molecule has 1 fully saturated rings. The van der Waals surface area contributed by atoms with E-state index in [9.17, 15) is 13.6 Å². The molecule has 2 aromatic rings. The third-order valence-electron chi connectivity index (χ3n) is 4.39. The molecular formula is C18H19F2N3O. The Morgan fingerprint density at radius 2 is 2.12 bits per heavy atom. The highest BCUT2D eigenvalue weighted by Gasteiger charge is 2.35. The Morgan fingerprint density at radius 1 is 1.29 bits per heavy atom. The zero-order valence-corrected chi connectivity index (χ0v) is 13.4. The molecule has 2 atom stereocenters. The highest BCUT2D eigenvalue weighted by molar-refractivity contribution is 5.80. The minimum absolute atomic E-state index is 0.0533. The van der Waals surface area contributed by atoms with Crippen molar-refractivity contribution in [3.8, 4) is 0 Å². The van der Waals surface area contributed by atoms with Crippen molar-refractivity contribution in [1.82, 2.24) is 10.3 Å². The van der Waals surface area contributed by atoms with E-state index in [0.29, 0.717) is 6.54 Å². The summed E-state index contributed by atoms with van der Waals surface area (Å²) in [5, 5.41) is 2.76. The number of rotatable bonds is 4. The van der Waals surface area contributed by atoms with Crippen LogP contribution in [0, 0.1) is 23.5 Å². The van der Waals surface area contributed by atoms with Crippen LogP contribution in [0.25, 0.3) is 0 Å². The van der Waals surface area contributed by atoms with E-state index in [1.807, 2.05) is 25.1 Å². The van der Waals surface area contributed by atoms with Gasteiger partial charge < -0.3 is 10.2 Å². The SMILES string of the molecule is C[C@@H]1CN(c2ccccn2)C[C@H]1C(=O)NCc1ccc(F)cc1F. The van der Waals surface area contributed by atoms with Gasteiger partial charge in [0.25, 0.3) is 0 Å². The molecule has 1 amide bonds. The first kappa shape index (κ1) is 16.4. The molecule has 0 saturated carbocycles.